The molecule has 0 saturated carbocycles. The Kier molecular flexibility index (Phi) is 11.0. The molecule has 1 atom stereocenters. The first-order valence-corrected chi connectivity index (χ1v) is 13.3. The molecule has 0 aromatic heterocycles. The number of halogens is 1. The highest BCUT2D eigenvalue weighted by molar-refractivity contribution is 6.30. The number of benzene rings is 3. The molecule has 0 saturated heterocycles. The van der Waals surface area contributed by atoms with Crippen molar-refractivity contribution in [1.29, 1.82) is 0 Å². The predicted molar refractivity (Wildman–Crippen MR) is 154 cm³/mol. The molecule has 0 aliphatic rings. The van der Waals surface area contributed by atoms with Gasteiger partial charge < -0.3 is 20.7 Å². The third kappa shape index (κ3) is 9.39. The maximum absolute atomic E-state index is 13.1. The molecule has 0 spiro atoms. The van der Waals surface area contributed by atoms with Crippen LogP contribution >= 0.6 is 11.6 Å². The summed E-state index contributed by atoms with van der Waals surface area (Å²) in [7, 11) is 0. The summed E-state index contributed by atoms with van der Waals surface area (Å²) in [5.74, 6) is 1.06. The second-order valence-electron chi connectivity index (χ2n) is 9.64. The predicted octanol–water partition coefficient (Wildman–Crippen LogP) is 6.10. The second kappa shape index (κ2) is 14.4. The molecular formula is C30H37ClN4O3. The van der Waals surface area contributed by atoms with Crippen LogP contribution in [0.3, 0.4) is 0 Å². The fourth-order valence-electron chi connectivity index (χ4n) is 4.17. The van der Waals surface area contributed by atoms with E-state index >= 15 is 0 Å². The van der Waals surface area contributed by atoms with E-state index in [1.165, 1.54) is 0 Å². The van der Waals surface area contributed by atoms with E-state index in [1.54, 1.807) is 48.5 Å². The van der Waals surface area contributed by atoms with Crippen molar-refractivity contribution in [3.8, 4) is 11.5 Å². The van der Waals surface area contributed by atoms with Crippen LogP contribution in [0.25, 0.3) is 0 Å². The molecule has 38 heavy (non-hydrogen) atoms. The van der Waals surface area contributed by atoms with Crippen molar-refractivity contribution in [2.24, 2.45) is 0 Å². The van der Waals surface area contributed by atoms with Crippen molar-refractivity contribution < 1.29 is 14.3 Å². The third-order valence-electron chi connectivity index (χ3n) is 6.06. The van der Waals surface area contributed by atoms with Crippen LogP contribution in [0.1, 0.15) is 33.3 Å². The highest BCUT2D eigenvalue weighted by atomic mass is 35.5. The Morgan fingerprint density at radius 3 is 2.00 bits per heavy atom. The van der Waals surface area contributed by atoms with Gasteiger partial charge in [-0.2, -0.15) is 0 Å². The smallest absolute Gasteiger partial charge is 0.319 e. The number of nitrogens with zero attached hydrogens (tertiary/aromatic N) is 1. The lowest BCUT2D eigenvalue weighted by molar-refractivity contribution is -0.123. The van der Waals surface area contributed by atoms with Gasteiger partial charge >= 0.3 is 6.03 Å². The van der Waals surface area contributed by atoms with Crippen LogP contribution in [0.5, 0.6) is 11.5 Å². The molecule has 0 unspecified atom stereocenters. The molecule has 0 aliphatic heterocycles. The van der Waals surface area contributed by atoms with Crippen LogP contribution in [-0.4, -0.2) is 48.1 Å². The van der Waals surface area contributed by atoms with Crippen LogP contribution < -0.4 is 20.7 Å². The van der Waals surface area contributed by atoms with E-state index in [2.05, 4.69) is 48.5 Å². The quantitative estimate of drug-likeness (QED) is 0.261. The van der Waals surface area contributed by atoms with E-state index in [9.17, 15) is 9.59 Å². The van der Waals surface area contributed by atoms with Crippen molar-refractivity contribution in [2.45, 2.75) is 52.2 Å². The topological polar surface area (TPSA) is 82.7 Å². The van der Waals surface area contributed by atoms with Gasteiger partial charge in [0.15, 0.2) is 0 Å². The van der Waals surface area contributed by atoms with Crippen LogP contribution in [0, 0.1) is 0 Å². The number of carbonyl (C=O) groups excluding carboxylic acids is 2. The van der Waals surface area contributed by atoms with Gasteiger partial charge in [0, 0.05) is 42.3 Å². The van der Waals surface area contributed by atoms with Gasteiger partial charge in [-0.3, -0.25) is 9.69 Å². The number of hydrogen-bond acceptors (Lipinski definition) is 4. The Hall–Kier alpha value is -3.55. The number of amides is 3. The van der Waals surface area contributed by atoms with Crippen molar-refractivity contribution in [3.05, 3.63) is 89.4 Å². The molecule has 0 heterocycles. The largest absolute Gasteiger partial charge is 0.457 e. The zero-order chi connectivity index (χ0) is 27.5. The van der Waals surface area contributed by atoms with Gasteiger partial charge in [0.2, 0.25) is 5.91 Å². The minimum absolute atomic E-state index is 0.219. The van der Waals surface area contributed by atoms with E-state index in [0.717, 1.165) is 12.1 Å². The molecule has 7 nitrogen and oxygen atoms in total. The zero-order valence-corrected chi connectivity index (χ0v) is 23.2. The Balaban J connectivity index is 1.59. The molecule has 8 heteroatoms. The van der Waals surface area contributed by atoms with E-state index in [1.807, 2.05) is 30.3 Å². The van der Waals surface area contributed by atoms with Gasteiger partial charge in [-0.25, -0.2) is 4.79 Å². The first-order chi connectivity index (χ1) is 18.2. The number of hydrogen-bond donors (Lipinski definition) is 3. The summed E-state index contributed by atoms with van der Waals surface area (Å²) < 4.78 is 5.80. The SMILES string of the molecule is CC(C)N(CCNC(=O)[C@H](Cc1ccccc1)NC(=O)Nc1ccc(Oc2ccc(Cl)cc2)cc1)C(C)C. The summed E-state index contributed by atoms with van der Waals surface area (Å²) in [6.45, 7) is 9.80. The average Bonchev–Trinajstić information content (AvgIpc) is 2.88. The minimum Gasteiger partial charge on any atom is -0.457 e. The number of rotatable bonds is 12. The van der Waals surface area contributed by atoms with Crippen molar-refractivity contribution in [3.63, 3.8) is 0 Å². The molecule has 3 amide bonds. The third-order valence-corrected chi connectivity index (χ3v) is 6.31. The summed E-state index contributed by atoms with van der Waals surface area (Å²) >= 11 is 5.92. The summed E-state index contributed by atoms with van der Waals surface area (Å²) in [6, 6.07) is 23.3. The zero-order valence-electron chi connectivity index (χ0n) is 22.4. The Morgan fingerprint density at radius 1 is 0.842 bits per heavy atom. The normalized spacial score (nSPS) is 11.9. The molecule has 0 radical (unpaired) electrons. The van der Waals surface area contributed by atoms with Crippen molar-refractivity contribution >= 4 is 29.2 Å². The first-order valence-electron chi connectivity index (χ1n) is 12.9. The molecule has 3 N–H and O–H groups in total. The summed E-state index contributed by atoms with van der Waals surface area (Å²) in [5.41, 5.74) is 1.54. The van der Waals surface area contributed by atoms with Gasteiger partial charge in [-0.15, -0.1) is 0 Å². The maximum atomic E-state index is 13.1. The van der Waals surface area contributed by atoms with Gasteiger partial charge in [0.25, 0.3) is 0 Å². The van der Waals surface area contributed by atoms with Crippen LogP contribution in [-0.2, 0) is 11.2 Å². The van der Waals surface area contributed by atoms with Crippen molar-refractivity contribution in [2.75, 3.05) is 18.4 Å². The molecule has 0 aliphatic carbocycles. The Bertz CT molecular complexity index is 1140. The summed E-state index contributed by atoms with van der Waals surface area (Å²) in [6.07, 6.45) is 0.381. The van der Waals surface area contributed by atoms with Crippen LogP contribution in [0.4, 0.5) is 10.5 Å². The summed E-state index contributed by atoms with van der Waals surface area (Å²) in [5, 5.41) is 9.28. The molecule has 3 aromatic rings. The maximum Gasteiger partial charge on any atom is 0.319 e. The van der Waals surface area contributed by atoms with E-state index in [4.69, 9.17) is 16.3 Å². The second-order valence-corrected chi connectivity index (χ2v) is 10.1. The lowest BCUT2D eigenvalue weighted by Gasteiger charge is -2.30. The van der Waals surface area contributed by atoms with Gasteiger partial charge in [0.1, 0.15) is 17.5 Å². The highest BCUT2D eigenvalue weighted by Gasteiger charge is 2.22. The van der Waals surface area contributed by atoms with Crippen LogP contribution in [0.2, 0.25) is 5.02 Å². The first kappa shape index (κ1) is 29.0. The lowest BCUT2D eigenvalue weighted by Crippen LogP contribution is -2.51. The van der Waals surface area contributed by atoms with Gasteiger partial charge in [-0.1, -0.05) is 41.9 Å². The van der Waals surface area contributed by atoms with Crippen molar-refractivity contribution in [1.82, 2.24) is 15.5 Å². The minimum atomic E-state index is -0.725. The lowest BCUT2D eigenvalue weighted by atomic mass is 10.1. The monoisotopic (exact) mass is 536 g/mol. The van der Waals surface area contributed by atoms with Gasteiger partial charge in [0.05, 0.1) is 0 Å². The van der Waals surface area contributed by atoms with E-state index in [0.29, 0.717) is 47.3 Å². The highest BCUT2D eigenvalue weighted by Crippen LogP contribution is 2.24. The summed E-state index contributed by atoms with van der Waals surface area (Å²) in [4.78, 5) is 28.2. The number of urea groups is 1. The molecule has 3 rings (SSSR count). The fraction of sp³-hybridized carbons (Fsp3) is 0.333. The fourth-order valence-corrected chi connectivity index (χ4v) is 4.30. The molecule has 202 valence electrons. The standard InChI is InChI=1S/C30H37ClN4O3/c1-21(2)35(22(3)4)19-18-32-29(36)28(20-23-8-6-5-7-9-23)34-30(37)33-25-12-16-27(17-13-25)38-26-14-10-24(31)11-15-26/h5-17,21-22,28H,18-20H2,1-4H3,(H,32,36)(H2,33,34,37)/t28-/m0/s1. The molecule has 3 aromatic carbocycles. The Morgan fingerprint density at radius 2 is 1.42 bits per heavy atom. The average molecular weight is 537 g/mol. The number of ether oxygens (including phenoxy) is 1. The van der Waals surface area contributed by atoms with Gasteiger partial charge in [-0.05, 0) is 81.8 Å². The number of nitrogens with one attached hydrogen (secondary N) is 3. The number of anilines is 1. The van der Waals surface area contributed by atoms with E-state index < -0.39 is 12.1 Å². The molecule has 0 bridgehead atoms. The molecular weight excluding hydrogens is 500 g/mol. The molecule has 0 fully saturated rings. The van der Waals surface area contributed by atoms with E-state index in [-0.39, 0.29) is 5.91 Å². The van der Waals surface area contributed by atoms with Crippen LogP contribution in [0.15, 0.2) is 78.9 Å². The number of carbonyl (C=O) groups is 2. The Labute approximate surface area is 230 Å².